The molecule has 0 aliphatic carbocycles. The van der Waals surface area contributed by atoms with Crippen LogP contribution in [0.3, 0.4) is 0 Å². The number of aryl methyl sites for hydroxylation is 2. The van der Waals surface area contributed by atoms with E-state index in [0.717, 1.165) is 21.5 Å². The number of rotatable bonds is 13. The Morgan fingerprint density at radius 3 is 2.23 bits per heavy atom. The fourth-order valence-electron chi connectivity index (χ4n) is 4.37. The number of ether oxygens (including phenoxy) is 1. The molecule has 0 saturated carbocycles. The van der Waals surface area contributed by atoms with E-state index >= 15 is 0 Å². The van der Waals surface area contributed by atoms with Crippen molar-refractivity contribution in [2.45, 2.75) is 64.6 Å². The summed E-state index contributed by atoms with van der Waals surface area (Å²) in [6, 6.07) is 16.0. The van der Waals surface area contributed by atoms with E-state index in [2.05, 4.69) is 5.32 Å². The largest absolute Gasteiger partial charge is 0.497 e. The SMILES string of the molecule is CC[C@@H](C)NC(=O)[C@@H](C)N(Cc1ccccc1C)C(=O)CN(c1ccc(OC)cc1)S(=O)(=O)c1ccc(C)c([N+](=O)[O-])c1. The molecule has 11 nitrogen and oxygen atoms in total. The lowest BCUT2D eigenvalue weighted by Crippen LogP contribution is -2.52. The quantitative estimate of drug-likeness (QED) is 0.218. The molecule has 3 rings (SSSR count). The smallest absolute Gasteiger partial charge is 0.273 e. The summed E-state index contributed by atoms with van der Waals surface area (Å²) in [6.07, 6.45) is 0.691. The van der Waals surface area contributed by atoms with Gasteiger partial charge in [0.25, 0.3) is 15.7 Å². The van der Waals surface area contributed by atoms with Crippen molar-refractivity contribution in [2.75, 3.05) is 18.0 Å². The molecule has 3 aromatic carbocycles. The second kappa shape index (κ2) is 14.1. The van der Waals surface area contributed by atoms with E-state index in [9.17, 15) is 28.1 Å². The van der Waals surface area contributed by atoms with E-state index in [1.54, 1.807) is 19.1 Å². The van der Waals surface area contributed by atoms with Crippen LogP contribution >= 0.6 is 0 Å². The summed E-state index contributed by atoms with van der Waals surface area (Å²) in [5.41, 5.74) is 1.78. The molecule has 12 heteroatoms. The molecule has 0 fully saturated rings. The van der Waals surface area contributed by atoms with Crippen LogP contribution in [0, 0.1) is 24.0 Å². The van der Waals surface area contributed by atoms with Gasteiger partial charge >= 0.3 is 0 Å². The van der Waals surface area contributed by atoms with E-state index in [-0.39, 0.29) is 34.8 Å². The first-order chi connectivity index (χ1) is 20.3. The second-order valence-electron chi connectivity index (χ2n) is 10.4. The number of nitrogens with zero attached hydrogens (tertiary/aromatic N) is 3. The van der Waals surface area contributed by atoms with Gasteiger partial charge < -0.3 is 15.0 Å². The first-order valence-corrected chi connectivity index (χ1v) is 15.3. The van der Waals surface area contributed by atoms with Gasteiger partial charge in [-0.25, -0.2) is 8.42 Å². The van der Waals surface area contributed by atoms with Gasteiger partial charge in [-0.3, -0.25) is 24.0 Å². The number of hydrogen-bond donors (Lipinski definition) is 1. The third-order valence-electron chi connectivity index (χ3n) is 7.37. The van der Waals surface area contributed by atoms with E-state index in [0.29, 0.717) is 17.7 Å². The summed E-state index contributed by atoms with van der Waals surface area (Å²) in [5, 5.41) is 14.5. The van der Waals surface area contributed by atoms with Crippen molar-refractivity contribution in [3.8, 4) is 5.75 Å². The molecule has 0 bridgehead atoms. The normalized spacial score (nSPS) is 12.6. The first kappa shape index (κ1) is 33.1. The van der Waals surface area contributed by atoms with Crippen LogP contribution in [-0.4, -0.2) is 55.8 Å². The average Bonchev–Trinajstić information content (AvgIpc) is 2.98. The summed E-state index contributed by atoms with van der Waals surface area (Å²) in [7, 11) is -3.02. The number of nitro benzene ring substituents is 1. The van der Waals surface area contributed by atoms with Crippen LogP contribution in [0.4, 0.5) is 11.4 Å². The van der Waals surface area contributed by atoms with Crippen molar-refractivity contribution < 1.29 is 27.7 Å². The maximum absolute atomic E-state index is 14.1. The van der Waals surface area contributed by atoms with Gasteiger partial charge in [0.15, 0.2) is 0 Å². The minimum absolute atomic E-state index is 0.0626. The molecule has 0 spiro atoms. The number of hydrogen-bond acceptors (Lipinski definition) is 7. The van der Waals surface area contributed by atoms with Crippen molar-refractivity contribution in [1.29, 1.82) is 0 Å². The Morgan fingerprint density at radius 2 is 1.65 bits per heavy atom. The molecule has 0 aliphatic rings. The highest BCUT2D eigenvalue weighted by molar-refractivity contribution is 7.92. The number of nitrogens with one attached hydrogen (secondary N) is 1. The van der Waals surface area contributed by atoms with Crippen LogP contribution in [-0.2, 0) is 26.2 Å². The highest BCUT2D eigenvalue weighted by Gasteiger charge is 2.34. The summed E-state index contributed by atoms with van der Waals surface area (Å²) in [4.78, 5) is 39.2. The standard InChI is InChI=1S/C31H38N4O7S/c1-7-23(4)32-31(37)24(5)33(19-25-11-9-8-10-21(25)2)30(36)20-34(26-13-15-27(42-6)16-14-26)43(40,41)28-17-12-22(3)29(18-28)35(38)39/h8-18,23-24H,7,19-20H2,1-6H3,(H,32,37)/t23-,24-/m1/s1. The summed E-state index contributed by atoms with van der Waals surface area (Å²) >= 11 is 0. The summed E-state index contributed by atoms with van der Waals surface area (Å²) < 4.78 is 34.2. The summed E-state index contributed by atoms with van der Waals surface area (Å²) in [6.45, 7) is 8.18. The van der Waals surface area contributed by atoms with E-state index in [1.165, 1.54) is 43.2 Å². The van der Waals surface area contributed by atoms with Gasteiger partial charge in [-0.05, 0) is 75.6 Å². The van der Waals surface area contributed by atoms with E-state index in [4.69, 9.17) is 4.74 Å². The molecule has 43 heavy (non-hydrogen) atoms. The predicted molar refractivity (Wildman–Crippen MR) is 164 cm³/mol. The Hall–Kier alpha value is -4.45. The van der Waals surface area contributed by atoms with Gasteiger partial charge in [-0.15, -0.1) is 0 Å². The summed E-state index contributed by atoms with van der Waals surface area (Å²) in [5.74, 6) is -0.532. The number of methoxy groups -OCH3 is 1. The van der Waals surface area contributed by atoms with Crippen molar-refractivity contribution in [1.82, 2.24) is 10.2 Å². The van der Waals surface area contributed by atoms with Crippen molar-refractivity contribution in [2.24, 2.45) is 0 Å². The monoisotopic (exact) mass is 610 g/mol. The number of anilines is 1. The number of carbonyl (C=O) groups excluding carboxylic acids is 2. The molecule has 0 heterocycles. The Labute approximate surface area is 252 Å². The van der Waals surface area contributed by atoms with Crippen LogP contribution in [0.1, 0.15) is 43.9 Å². The highest BCUT2D eigenvalue weighted by atomic mass is 32.2. The molecule has 2 atom stereocenters. The lowest BCUT2D eigenvalue weighted by atomic mass is 10.1. The minimum atomic E-state index is -4.48. The number of carbonyl (C=O) groups is 2. The van der Waals surface area contributed by atoms with Gasteiger partial charge in [0.05, 0.1) is 22.6 Å². The molecule has 1 N–H and O–H groups in total. The number of sulfonamides is 1. The third kappa shape index (κ3) is 7.89. The second-order valence-corrected chi connectivity index (χ2v) is 12.2. The van der Waals surface area contributed by atoms with Crippen molar-refractivity contribution in [3.05, 3.63) is 93.5 Å². The Morgan fingerprint density at radius 1 is 1.00 bits per heavy atom. The van der Waals surface area contributed by atoms with Crippen LogP contribution in [0.15, 0.2) is 71.6 Å². The first-order valence-electron chi connectivity index (χ1n) is 13.9. The molecule has 0 radical (unpaired) electrons. The number of benzene rings is 3. The van der Waals surface area contributed by atoms with Gasteiger partial charge in [0.1, 0.15) is 18.3 Å². The molecule has 2 amide bonds. The predicted octanol–water partition coefficient (Wildman–Crippen LogP) is 4.75. The Balaban J connectivity index is 2.10. The van der Waals surface area contributed by atoms with Crippen molar-refractivity contribution in [3.63, 3.8) is 0 Å². The average molecular weight is 611 g/mol. The highest BCUT2D eigenvalue weighted by Crippen LogP contribution is 2.29. The van der Waals surface area contributed by atoms with E-state index in [1.807, 2.05) is 45.0 Å². The van der Waals surface area contributed by atoms with Gasteiger partial charge in [0.2, 0.25) is 11.8 Å². The molecular formula is C31H38N4O7S. The Kier molecular flexibility index (Phi) is 10.9. The molecule has 3 aromatic rings. The molecular weight excluding hydrogens is 572 g/mol. The zero-order chi connectivity index (χ0) is 31.9. The molecule has 0 aromatic heterocycles. The fourth-order valence-corrected chi connectivity index (χ4v) is 5.80. The van der Waals surface area contributed by atoms with Crippen molar-refractivity contribution >= 4 is 33.2 Å². The lowest BCUT2D eigenvalue weighted by molar-refractivity contribution is -0.385. The number of amides is 2. The van der Waals surface area contributed by atoms with Crippen LogP contribution in [0.25, 0.3) is 0 Å². The van der Waals surface area contributed by atoms with Gasteiger partial charge in [-0.1, -0.05) is 37.3 Å². The van der Waals surface area contributed by atoms with Gasteiger partial charge in [-0.2, -0.15) is 0 Å². The zero-order valence-electron chi connectivity index (χ0n) is 25.2. The van der Waals surface area contributed by atoms with Crippen LogP contribution in [0.2, 0.25) is 0 Å². The van der Waals surface area contributed by atoms with E-state index < -0.39 is 33.4 Å². The minimum Gasteiger partial charge on any atom is -0.497 e. The number of nitro groups is 1. The van der Waals surface area contributed by atoms with Crippen LogP contribution < -0.4 is 14.4 Å². The van der Waals surface area contributed by atoms with Crippen LogP contribution in [0.5, 0.6) is 5.75 Å². The molecule has 0 unspecified atom stereocenters. The maximum Gasteiger partial charge on any atom is 0.273 e. The maximum atomic E-state index is 14.1. The molecule has 230 valence electrons. The zero-order valence-corrected chi connectivity index (χ0v) is 26.1. The lowest BCUT2D eigenvalue weighted by Gasteiger charge is -2.32. The molecule has 0 aliphatic heterocycles. The third-order valence-corrected chi connectivity index (χ3v) is 9.14. The fraction of sp³-hybridized carbons (Fsp3) is 0.355. The topological polar surface area (TPSA) is 139 Å². The van der Waals surface area contributed by atoms with Gasteiger partial charge in [0, 0.05) is 24.2 Å². The Bertz CT molecular complexity index is 1580. The molecule has 0 saturated heterocycles.